The van der Waals surface area contributed by atoms with Crippen LogP contribution in [0.15, 0.2) is 25.0 Å². The van der Waals surface area contributed by atoms with Crippen LogP contribution in [0.3, 0.4) is 0 Å². The second-order valence-electron chi connectivity index (χ2n) is 1.56. The van der Waals surface area contributed by atoms with Crippen LogP contribution in [0.1, 0.15) is 0 Å². The smallest absolute Gasteiger partial charge is 0.334 e. The number of ether oxygens (including phenoxy) is 1. The molecular formula is C6H9O5P. The van der Waals surface area contributed by atoms with Crippen LogP contribution in [0.2, 0.25) is 0 Å². The van der Waals surface area contributed by atoms with Gasteiger partial charge in [-0.2, -0.15) is 0 Å². The Morgan fingerprint density at radius 2 is 2.25 bits per heavy atom. The van der Waals surface area contributed by atoms with Crippen LogP contribution in [0.25, 0.3) is 0 Å². The Labute approximate surface area is 70.9 Å². The third-order valence-electron chi connectivity index (χ3n) is 0.733. The van der Waals surface area contributed by atoms with Crippen molar-refractivity contribution in [3.8, 4) is 0 Å². The van der Waals surface area contributed by atoms with Crippen LogP contribution >= 0.6 is 8.60 Å². The molecule has 0 aromatic carbocycles. The lowest BCUT2D eigenvalue weighted by molar-refractivity contribution is -0.132. The van der Waals surface area contributed by atoms with Gasteiger partial charge >= 0.3 is 14.6 Å². The highest BCUT2D eigenvalue weighted by Gasteiger charge is 1.94. The predicted octanol–water partition coefficient (Wildman–Crippen LogP) is 0.457. The molecule has 68 valence electrons. The van der Waals surface area contributed by atoms with Gasteiger partial charge in [-0.15, -0.1) is 0 Å². The zero-order chi connectivity index (χ0) is 9.40. The van der Waals surface area contributed by atoms with Crippen molar-refractivity contribution in [3.05, 3.63) is 25.0 Å². The zero-order valence-electron chi connectivity index (χ0n) is 6.21. The molecule has 0 fully saturated rings. The Morgan fingerprint density at radius 3 is 2.75 bits per heavy atom. The lowest BCUT2D eigenvalue weighted by atomic mass is 10.6. The van der Waals surface area contributed by atoms with Gasteiger partial charge in [-0.1, -0.05) is 6.58 Å². The van der Waals surface area contributed by atoms with Crippen LogP contribution < -0.4 is 0 Å². The maximum atomic E-state index is 10.4. The van der Waals surface area contributed by atoms with E-state index in [-0.39, 0.29) is 6.61 Å². The Hall–Kier alpha value is -0.740. The van der Waals surface area contributed by atoms with E-state index in [4.69, 9.17) is 9.79 Å². The summed E-state index contributed by atoms with van der Waals surface area (Å²) < 4.78 is 8.73. The monoisotopic (exact) mass is 192 g/mol. The van der Waals surface area contributed by atoms with Crippen molar-refractivity contribution in [2.24, 2.45) is 0 Å². The summed E-state index contributed by atoms with van der Waals surface area (Å²) in [5.41, 5.74) is 0. The molecule has 6 heteroatoms. The van der Waals surface area contributed by atoms with Gasteiger partial charge in [0.1, 0.15) is 0 Å². The van der Waals surface area contributed by atoms with Crippen molar-refractivity contribution in [1.29, 1.82) is 0 Å². The lowest BCUT2D eigenvalue weighted by Gasteiger charge is -1.97. The topological polar surface area (TPSA) is 76.0 Å². The fourth-order valence-electron chi connectivity index (χ4n) is 0.312. The average Bonchev–Trinajstić information content (AvgIpc) is 2.03. The van der Waals surface area contributed by atoms with Crippen molar-refractivity contribution in [2.45, 2.75) is 0 Å². The fourth-order valence-corrected chi connectivity index (χ4v) is 0.532. The van der Waals surface area contributed by atoms with Crippen molar-refractivity contribution < 1.29 is 23.8 Å². The predicted molar refractivity (Wildman–Crippen MR) is 42.7 cm³/mol. The summed E-state index contributed by atoms with van der Waals surface area (Å²) in [5.74, 6) is -0.582. The first-order valence-electron chi connectivity index (χ1n) is 2.95. The molecule has 12 heavy (non-hydrogen) atoms. The molecule has 0 rings (SSSR count). The first kappa shape index (κ1) is 11.3. The SMILES string of the molecule is C=CC(=O)OC=CCOP(O)O. The lowest BCUT2D eigenvalue weighted by Crippen LogP contribution is -1.92. The van der Waals surface area contributed by atoms with Crippen LogP contribution in [0, 0.1) is 0 Å². The summed E-state index contributed by atoms with van der Waals surface area (Å²) in [6.45, 7) is 3.15. The molecule has 2 N–H and O–H groups in total. The molecule has 0 unspecified atom stereocenters. The molecular weight excluding hydrogens is 183 g/mol. The van der Waals surface area contributed by atoms with Crippen molar-refractivity contribution in [1.82, 2.24) is 0 Å². The van der Waals surface area contributed by atoms with Crippen LogP contribution in [0.4, 0.5) is 0 Å². The highest BCUT2D eigenvalue weighted by Crippen LogP contribution is 2.23. The number of hydrogen-bond donors (Lipinski definition) is 2. The van der Waals surface area contributed by atoms with Gasteiger partial charge in [-0.25, -0.2) is 4.79 Å². The standard InChI is InChI=1S/C6H9O5P/c1-2-6(7)10-4-3-5-11-12(8)9/h2-4,8-9H,1,5H2. The van der Waals surface area contributed by atoms with Gasteiger partial charge < -0.3 is 19.0 Å². The van der Waals surface area contributed by atoms with E-state index in [1.54, 1.807) is 0 Å². The normalized spacial score (nSPS) is 10.6. The van der Waals surface area contributed by atoms with E-state index in [0.717, 1.165) is 12.3 Å². The molecule has 0 aromatic rings. The van der Waals surface area contributed by atoms with Crippen LogP contribution in [0.5, 0.6) is 0 Å². The molecule has 0 saturated carbocycles. The van der Waals surface area contributed by atoms with E-state index in [1.807, 2.05) is 0 Å². The number of carbonyl (C=O) groups is 1. The van der Waals surface area contributed by atoms with Gasteiger partial charge in [0.25, 0.3) is 0 Å². The highest BCUT2D eigenvalue weighted by atomic mass is 31.2. The molecule has 0 aromatic heterocycles. The van der Waals surface area contributed by atoms with Crippen molar-refractivity contribution in [3.63, 3.8) is 0 Å². The van der Waals surface area contributed by atoms with Gasteiger partial charge in [0.2, 0.25) is 0 Å². The summed E-state index contributed by atoms with van der Waals surface area (Å²) in [6, 6.07) is 0. The Balaban J connectivity index is 3.37. The highest BCUT2D eigenvalue weighted by molar-refractivity contribution is 7.39. The van der Waals surface area contributed by atoms with E-state index >= 15 is 0 Å². The summed E-state index contributed by atoms with van der Waals surface area (Å²) in [7, 11) is -2.35. The second kappa shape index (κ2) is 6.94. The number of rotatable bonds is 5. The summed E-state index contributed by atoms with van der Waals surface area (Å²) in [4.78, 5) is 26.9. The molecule has 0 saturated heterocycles. The third-order valence-corrected chi connectivity index (χ3v) is 1.11. The molecule has 0 radical (unpaired) electrons. The number of hydrogen-bond acceptors (Lipinski definition) is 5. The van der Waals surface area contributed by atoms with Crippen molar-refractivity contribution >= 4 is 14.6 Å². The van der Waals surface area contributed by atoms with Gasteiger partial charge in [0.15, 0.2) is 0 Å². The molecule has 0 spiro atoms. The fraction of sp³-hybridized carbons (Fsp3) is 0.167. The maximum Gasteiger partial charge on any atom is 0.334 e. The molecule has 0 atom stereocenters. The van der Waals surface area contributed by atoms with E-state index in [0.29, 0.717) is 0 Å². The van der Waals surface area contributed by atoms with Gasteiger partial charge in [-0.3, -0.25) is 0 Å². The second-order valence-corrected chi connectivity index (χ2v) is 2.32. The quantitative estimate of drug-likeness (QED) is 0.286. The van der Waals surface area contributed by atoms with Gasteiger partial charge in [0, 0.05) is 6.08 Å². The summed E-state index contributed by atoms with van der Waals surface area (Å²) in [6.07, 6.45) is 3.42. The zero-order valence-corrected chi connectivity index (χ0v) is 7.11. The molecule has 0 heterocycles. The van der Waals surface area contributed by atoms with E-state index in [9.17, 15) is 4.79 Å². The van der Waals surface area contributed by atoms with E-state index in [1.165, 1.54) is 6.08 Å². The number of esters is 1. The minimum atomic E-state index is -2.35. The van der Waals surface area contributed by atoms with Crippen molar-refractivity contribution in [2.75, 3.05) is 6.61 Å². The Kier molecular flexibility index (Phi) is 6.51. The molecule has 5 nitrogen and oxygen atoms in total. The molecule has 0 bridgehead atoms. The molecule has 0 aliphatic heterocycles. The molecule has 0 aliphatic carbocycles. The van der Waals surface area contributed by atoms with Crippen LogP contribution in [-0.4, -0.2) is 22.4 Å². The summed E-state index contributed by atoms with van der Waals surface area (Å²) >= 11 is 0. The van der Waals surface area contributed by atoms with Crippen LogP contribution in [-0.2, 0) is 14.1 Å². The Bertz CT molecular complexity index is 177. The molecule has 0 aliphatic rings. The summed E-state index contributed by atoms with van der Waals surface area (Å²) in [5, 5.41) is 0. The van der Waals surface area contributed by atoms with Gasteiger partial charge in [-0.05, 0) is 6.08 Å². The average molecular weight is 192 g/mol. The molecule has 0 amide bonds. The minimum absolute atomic E-state index is 0.0247. The van der Waals surface area contributed by atoms with Gasteiger partial charge in [0.05, 0.1) is 12.9 Å². The minimum Gasteiger partial charge on any atom is -0.432 e. The maximum absolute atomic E-state index is 10.4. The first-order chi connectivity index (χ1) is 5.66. The Morgan fingerprint density at radius 1 is 1.58 bits per heavy atom. The first-order valence-corrected chi connectivity index (χ1v) is 4.12. The van der Waals surface area contributed by atoms with E-state index in [2.05, 4.69) is 15.8 Å². The largest absolute Gasteiger partial charge is 0.432 e. The number of carbonyl (C=O) groups excluding carboxylic acids is 1. The van der Waals surface area contributed by atoms with E-state index < -0.39 is 14.6 Å². The third kappa shape index (κ3) is 7.37.